The Morgan fingerprint density at radius 1 is 1.16 bits per heavy atom. The number of nitrogens with one attached hydrogen (secondary N) is 1. The molecular weight excluding hydrogens is 236 g/mol. The summed E-state index contributed by atoms with van der Waals surface area (Å²) in [6, 6.07) is 0.109. The van der Waals surface area contributed by atoms with Crippen LogP contribution in [-0.4, -0.2) is 35.5 Å². The van der Waals surface area contributed by atoms with Gasteiger partial charge in [0.25, 0.3) is 0 Å². The van der Waals surface area contributed by atoms with Crippen molar-refractivity contribution >= 4 is 5.91 Å². The highest BCUT2D eigenvalue weighted by atomic mass is 16.2. The quantitative estimate of drug-likeness (QED) is 0.845. The van der Waals surface area contributed by atoms with Gasteiger partial charge in [0.05, 0.1) is 6.04 Å². The second-order valence-corrected chi connectivity index (χ2v) is 7.53. The minimum absolute atomic E-state index is 0.109. The minimum atomic E-state index is 0.109. The molecule has 1 unspecified atom stereocenters. The van der Waals surface area contributed by atoms with Crippen LogP contribution in [0.15, 0.2) is 0 Å². The lowest BCUT2D eigenvalue weighted by atomic mass is 9.52. The Labute approximate surface area is 116 Å². The van der Waals surface area contributed by atoms with Crippen LogP contribution in [0.4, 0.5) is 0 Å². The maximum absolute atomic E-state index is 12.7. The van der Waals surface area contributed by atoms with Crippen LogP contribution in [0.3, 0.4) is 0 Å². The van der Waals surface area contributed by atoms with E-state index in [-0.39, 0.29) is 11.6 Å². The fraction of sp³-hybridized carbons (Fsp3) is 0.938. The number of likely N-dealkylation sites (N-methyl/N-ethyl adjacent to an activating group) is 1. The standard InChI is InChI=1S/C16H26N2O/c1-2-17-14-3-4-18(15(14)19)16-8-11-5-12(9-16)7-13(6-11)10-16/h11-14,17H,2-10H2,1H3. The molecule has 3 heteroatoms. The molecule has 5 aliphatic rings. The smallest absolute Gasteiger partial charge is 0.240 e. The molecule has 5 rings (SSSR count). The lowest BCUT2D eigenvalue weighted by molar-refractivity contribution is -0.146. The molecule has 1 aliphatic heterocycles. The van der Waals surface area contributed by atoms with Crippen LogP contribution in [0.25, 0.3) is 0 Å². The predicted molar refractivity (Wildman–Crippen MR) is 74.7 cm³/mol. The highest BCUT2D eigenvalue weighted by Gasteiger charge is 2.56. The van der Waals surface area contributed by atoms with E-state index in [1.165, 1.54) is 38.5 Å². The van der Waals surface area contributed by atoms with Crippen molar-refractivity contribution in [3.05, 3.63) is 0 Å². The van der Waals surface area contributed by atoms with Crippen molar-refractivity contribution < 1.29 is 4.79 Å². The second-order valence-electron chi connectivity index (χ2n) is 7.53. The van der Waals surface area contributed by atoms with Gasteiger partial charge in [-0.05, 0) is 69.2 Å². The van der Waals surface area contributed by atoms with Crippen LogP contribution in [0, 0.1) is 17.8 Å². The predicted octanol–water partition coefficient (Wildman–Crippen LogP) is 2.17. The normalized spacial score (nSPS) is 48.3. The number of hydrogen-bond acceptors (Lipinski definition) is 2. The molecule has 106 valence electrons. The lowest BCUT2D eigenvalue weighted by Crippen LogP contribution is -2.61. The summed E-state index contributed by atoms with van der Waals surface area (Å²) in [5, 5.41) is 3.37. The maximum atomic E-state index is 12.7. The van der Waals surface area contributed by atoms with E-state index in [9.17, 15) is 4.79 Å². The summed E-state index contributed by atoms with van der Waals surface area (Å²) in [6.07, 6.45) is 9.32. The number of carbonyl (C=O) groups excluding carboxylic acids is 1. The van der Waals surface area contributed by atoms with E-state index < -0.39 is 0 Å². The molecule has 1 N–H and O–H groups in total. The van der Waals surface area contributed by atoms with Crippen molar-refractivity contribution in [3.8, 4) is 0 Å². The van der Waals surface area contributed by atoms with Crippen LogP contribution >= 0.6 is 0 Å². The molecule has 4 aliphatic carbocycles. The third kappa shape index (κ3) is 1.77. The van der Waals surface area contributed by atoms with Crippen molar-refractivity contribution in [1.82, 2.24) is 10.2 Å². The van der Waals surface area contributed by atoms with Gasteiger partial charge in [-0.2, -0.15) is 0 Å². The van der Waals surface area contributed by atoms with Crippen molar-refractivity contribution in [2.24, 2.45) is 17.8 Å². The summed E-state index contributed by atoms with van der Waals surface area (Å²) in [7, 11) is 0. The van der Waals surface area contributed by atoms with Gasteiger partial charge in [0.1, 0.15) is 0 Å². The van der Waals surface area contributed by atoms with E-state index in [0.717, 1.165) is 37.3 Å². The number of amides is 1. The number of carbonyl (C=O) groups is 1. The zero-order valence-electron chi connectivity index (χ0n) is 12.0. The van der Waals surface area contributed by atoms with Crippen LogP contribution in [0.2, 0.25) is 0 Å². The highest BCUT2D eigenvalue weighted by molar-refractivity contribution is 5.84. The summed E-state index contributed by atoms with van der Waals surface area (Å²) >= 11 is 0. The largest absolute Gasteiger partial charge is 0.336 e. The zero-order valence-corrected chi connectivity index (χ0v) is 12.0. The molecule has 1 heterocycles. The summed E-state index contributed by atoms with van der Waals surface area (Å²) in [5.74, 6) is 3.19. The first-order chi connectivity index (χ1) is 9.20. The first kappa shape index (κ1) is 12.2. The van der Waals surface area contributed by atoms with Gasteiger partial charge in [-0.1, -0.05) is 6.92 Å². The molecule has 0 aromatic carbocycles. The first-order valence-electron chi connectivity index (χ1n) is 8.25. The van der Waals surface area contributed by atoms with Crippen molar-refractivity contribution in [2.45, 2.75) is 63.5 Å². The molecule has 4 saturated carbocycles. The molecule has 1 saturated heterocycles. The van der Waals surface area contributed by atoms with Gasteiger partial charge < -0.3 is 10.2 Å². The molecule has 1 amide bonds. The Hall–Kier alpha value is -0.570. The zero-order chi connectivity index (χ0) is 13.0. The van der Waals surface area contributed by atoms with Gasteiger partial charge in [-0.25, -0.2) is 0 Å². The van der Waals surface area contributed by atoms with Crippen molar-refractivity contribution in [2.75, 3.05) is 13.1 Å². The number of hydrogen-bond donors (Lipinski definition) is 1. The summed E-state index contributed by atoms with van der Waals surface area (Å²) in [4.78, 5) is 15.0. The molecule has 0 aromatic rings. The second kappa shape index (κ2) is 4.21. The fourth-order valence-corrected chi connectivity index (χ4v) is 5.98. The number of nitrogens with zero attached hydrogens (tertiary/aromatic N) is 1. The molecule has 5 fully saturated rings. The third-order valence-corrected chi connectivity index (χ3v) is 6.23. The average molecular weight is 262 g/mol. The Kier molecular flexibility index (Phi) is 2.70. The highest BCUT2D eigenvalue weighted by Crippen LogP contribution is 2.58. The Morgan fingerprint density at radius 2 is 1.74 bits per heavy atom. The van der Waals surface area contributed by atoms with Gasteiger partial charge in [0.15, 0.2) is 0 Å². The molecule has 0 spiro atoms. The van der Waals surface area contributed by atoms with Gasteiger partial charge in [-0.15, -0.1) is 0 Å². The van der Waals surface area contributed by atoms with Crippen molar-refractivity contribution in [1.29, 1.82) is 0 Å². The first-order valence-corrected chi connectivity index (χ1v) is 8.25. The molecule has 19 heavy (non-hydrogen) atoms. The molecule has 3 nitrogen and oxygen atoms in total. The maximum Gasteiger partial charge on any atom is 0.240 e. The average Bonchev–Trinajstić information content (AvgIpc) is 2.70. The molecule has 0 radical (unpaired) electrons. The minimum Gasteiger partial charge on any atom is -0.336 e. The topological polar surface area (TPSA) is 32.3 Å². The summed E-state index contributed by atoms with van der Waals surface area (Å²) in [5.41, 5.74) is 0.274. The van der Waals surface area contributed by atoms with E-state index in [1.54, 1.807) is 0 Å². The SMILES string of the molecule is CCNC1CCN(C23CC4CC(CC(C4)C2)C3)C1=O. The third-order valence-electron chi connectivity index (χ3n) is 6.23. The van der Waals surface area contributed by atoms with Gasteiger partial charge in [0.2, 0.25) is 5.91 Å². The van der Waals surface area contributed by atoms with Crippen molar-refractivity contribution in [3.63, 3.8) is 0 Å². The van der Waals surface area contributed by atoms with Crippen LogP contribution in [-0.2, 0) is 4.79 Å². The molecule has 0 aromatic heterocycles. The van der Waals surface area contributed by atoms with Crippen LogP contribution < -0.4 is 5.32 Å². The Morgan fingerprint density at radius 3 is 2.26 bits per heavy atom. The van der Waals surface area contributed by atoms with Gasteiger partial charge in [-0.3, -0.25) is 4.79 Å². The summed E-state index contributed by atoms with van der Waals surface area (Å²) in [6.45, 7) is 4.01. The monoisotopic (exact) mass is 262 g/mol. The summed E-state index contributed by atoms with van der Waals surface area (Å²) < 4.78 is 0. The fourth-order valence-electron chi connectivity index (χ4n) is 5.98. The van der Waals surface area contributed by atoms with E-state index in [2.05, 4.69) is 17.1 Å². The molecule has 1 atom stereocenters. The number of rotatable bonds is 3. The van der Waals surface area contributed by atoms with E-state index in [0.29, 0.717) is 5.91 Å². The van der Waals surface area contributed by atoms with E-state index in [4.69, 9.17) is 0 Å². The van der Waals surface area contributed by atoms with Gasteiger partial charge >= 0.3 is 0 Å². The van der Waals surface area contributed by atoms with Gasteiger partial charge in [0, 0.05) is 12.1 Å². The molecular formula is C16H26N2O. The Balaban J connectivity index is 1.57. The molecule has 4 bridgehead atoms. The lowest BCUT2D eigenvalue weighted by Gasteiger charge is -2.59. The van der Waals surface area contributed by atoms with Crippen LogP contribution in [0.1, 0.15) is 51.9 Å². The van der Waals surface area contributed by atoms with Crippen LogP contribution in [0.5, 0.6) is 0 Å². The Bertz CT molecular complexity index is 357. The number of likely N-dealkylation sites (tertiary alicyclic amines) is 1. The van der Waals surface area contributed by atoms with E-state index in [1.807, 2.05) is 0 Å². The van der Waals surface area contributed by atoms with E-state index >= 15 is 0 Å².